The Morgan fingerprint density at radius 3 is 2.35 bits per heavy atom. The van der Waals surface area contributed by atoms with Crippen molar-refractivity contribution >= 4 is 21.9 Å². The van der Waals surface area contributed by atoms with Crippen LogP contribution < -0.4 is 4.74 Å². The Morgan fingerprint density at radius 1 is 1.29 bits per heavy atom. The topological polar surface area (TPSA) is 35.5 Å². The molecule has 0 aliphatic carbocycles. The smallest absolute Gasteiger partial charge is 0.310 e. The van der Waals surface area contributed by atoms with E-state index in [4.69, 9.17) is 4.74 Å². The predicted molar refractivity (Wildman–Crippen MR) is 72.5 cm³/mol. The lowest BCUT2D eigenvalue weighted by Crippen LogP contribution is -2.06. The van der Waals surface area contributed by atoms with Crippen molar-refractivity contribution in [3.8, 4) is 5.75 Å². The summed E-state index contributed by atoms with van der Waals surface area (Å²) in [6.07, 6.45) is 0.209. The Morgan fingerprint density at radius 2 is 1.88 bits per heavy atom. The molecule has 0 saturated heterocycles. The molecule has 0 unspecified atom stereocenters. The van der Waals surface area contributed by atoms with Gasteiger partial charge in [-0.05, 0) is 24.6 Å². The number of carbonyl (C=O) groups excluding carboxylic acids is 1. The molecule has 0 heterocycles. The molecule has 0 amide bonds. The number of rotatable bonds is 3. The van der Waals surface area contributed by atoms with Gasteiger partial charge in [0.25, 0.3) is 0 Å². The lowest BCUT2D eigenvalue weighted by atomic mass is 10.1. The second kappa shape index (κ2) is 8.12. The third-order valence-electron chi connectivity index (χ3n) is 2.07. The number of hydrogen-bond donors (Lipinski definition) is 0. The van der Waals surface area contributed by atoms with E-state index in [2.05, 4.69) is 20.7 Å². The Labute approximate surface area is 111 Å². The van der Waals surface area contributed by atoms with Crippen LogP contribution in [0, 0.1) is 6.92 Å². The van der Waals surface area contributed by atoms with Gasteiger partial charge < -0.3 is 9.47 Å². The first-order chi connectivity index (χ1) is 8.08. The zero-order valence-electron chi connectivity index (χ0n) is 11.0. The number of halogens is 1. The molecule has 1 aromatic carbocycles. The van der Waals surface area contributed by atoms with Gasteiger partial charge in [-0.3, -0.25) is 4.79 Å². The monoisotopic (exact) mass is 302 g/mol. The quantitative estimate of drug-likeness (QED) is 0.802. The van der Waals surface area contributed by atoms with Crippen LogP contribution in [-0.2, 0) is 16.0 Å². The summed E-state index contributed by atoms with van der Waals surface area (Å²) in [7, 11) is 2.96. The van der Waals surface area contributed by atoms with Crippen molar-refractivity contribution in [1.82, 2.24) is 0 Å². The standard InChI is InChI=1S/C11H13BrO3.C2H6/c1-7-4-9(12)8(6-11(13)15-3)10(5-7)14-2;1-2/h4-5H,6H2,1-3H3;1-2H3. The zero-order chi connectivity index (χ0) is 13.4. The summed E-state index contributed by atoms with van der Waals surface area (Å²) in [4.78, 5) is 11.2. The summed E-state index contributed by atoms with van der Waals surface area (Å²) in [6, 6.07) is 3.84. The number of ether oxygens (including phenoxy) is 2. The first-order valence-corrected chi connectivity index (χ1v) is 6.27. The number of esters is 1. The van der Waals surface area contributed by atoms with Crippen LogP contribution in [0.2, 0.25) is 0 Å². The molecule has 0 saturated carbocycles. The van der Waals surface area contributed by atoms with Crippen LogP contribution in [0.1, 0.15) is 25.0 Å². The van der Waals surface area contributed by atoms with E-state index in [0.29, 0.717) is 5.75 Å². The normalized spacial score (nSPS) is 9.06. The Hall–Kier alpha value is -1.03. The van der Waals surface area contributed by atoms with Gasteiger partial charge in [-0.25, -0.2) is 0 Å². The highest BCUT2D eigenvalue weighted by molar-refractivity contribution is 9.10. The van der Waals surface area contributed by atoms with Crippen molar-refractivity contribution in [2.24, 2.45) is 0 Å². The van der Waals surface area contributed by atoms with Crippen molar-refractivity contribution in [2.45, 2.75) is 27.2 Å². The van der Waals surface area contributed by atoms with Gasteiger partial charge in [0.1, 0.15) is 5.75 Å². The molecule has 0 bridgehead atoms. The predicted octanol–water partition coefficient (Wildman–Crippen LogP) is 3.51. The highest BCUT2D eigenvalue weighted by Gasteiger charge is 2.13. The van der Waals surface area contributed by atoms with Gasteiger partial charge in [0.15, 0.2) is 0 Å². The van der Waals surface area contributed by atoms with Gasteiger partial charge in [-0.1, -0.05) is 29.8 Å². The maximum atomic E-state index is 11.2. The molecule has 0 aromatic heterocycles. The van der Waals surface area contributed by atoms with Crippen LogP contribution in [0.4, 0.5) is 0 Å². The minimum absolute atomic E-state index is 0.209. The molecule has 4 heteroatoms. The molecule has 0 fully saturated rings. The van der Waals surface area contributed by atoms with Gasteiger partial charge >= 0.3 is 5.97 Å². The van der Waals surface area contributed by atoms with E-state index in [1.807, 2.05) is 32.9 Å². The van der Waals surface area contributed by atoms with Crippen LogP contribution in [0.15, 0.2) is 16.6 Å². The summed E-state index contributed by atoms with van der Waals surface area (Å²) in [5.41, 5.74) is 1.89. The summed E-state index contributed by atoms with van der Waals surface area (Å²) >= 11 is 3.41. The van der Waals surface area contributed by atoms with E-state index >= 15 is 0 Å². The van der Waals surface area contributed by atoms with Crippen molar-refractivity contribution in [3.63, 3.8) is 0 Å². The maximum Gasteiger partial charge on any atom is 0.310 e. The highest BCUT2D eigenvalue weighted by Crippen LogP contribution is 2.29. The molecule has 0 atom stereocenters. The molecule has 96 valence electrons. The summed E-state index contributed by atoms with van der Waals surface area (Å²) in [5.74, 6) is 0.421. The molecular weight excluding hydrogens is 284 g/mol. The van der Waals surface area contributed by atoms with Gasteiger partial charge in [-0.2, -0.15) is 0 Å². The zero-order valence-corrected chi connectivity index (χ0v) is 12.6. The Bertz CT molecular complexity index is 375. The van der Waals surface area contributed by atoms with Gasteiger partial charge in [0, 0.05) is 10.0 Å². The van der Waals surface area contributed by atoms with Crippen LogP contribution in [0.5, 0.6) is 5.75 Å². The summed E-state index contributed by atoms with van der Waals surface area (Å²) < 4.78 is 10.7. The summed E-state index contributed by atoms with van der Waals surface area (Å²) in [5, 5.41) is 0. The molecule has 0 spiro atoms. The van der Waals surface area contributed by atoms with Gasteiger partial charge in [0.2, 0.25) is 0 Å². The number of aryl methyl sites for hydroxylation is 1. The van der Waals surface area contributed by atoms with Gasteiger partial charge in [0.05, 0.1) is 20.6 Å². The summed E-state index contributed by atoms with van der Waals surface area (Å²) in [6.45, 7) is 5.97. The molecule has 17 heavy (non-hydrogen) atoms. The molecule has 0 N–H and O–H groups in total. The number of benzene rings is 1. The lowest BCUT2D eigenvalue weighted by Gasteiger charge is -2.10. The second-order valence-corrected chi connectivity index (χ2v) is 4.03. The fraction of sp³-hybridized carbons (Fsp3) is 0.462. The average molecular weight is 303 g/mol. The van der Waals surface area contributed by atoms with Crippen LogP contribution in [-0.4, -0.2) is 20.2 Å². The van der Waals surface area contributed by atoms with Gasteiger partial charge in [-0.15, -0.1) is 0 Å². The number of methoxy groups -OCH3 is 2. The fourth-order valence-electron chi connectivity index (χ4n) is 1.31. The largest absolute Gasteiger partial charge is 0.496 e. The SMILES string of the molecule is CC.COC(=O)Cc1c(Br)cc(C)cc1OC. The third kappa shape index (κ3) is 4.77. The van der Waals surface area contributed by atoms with Crippen LogP contribution in [0.25, 0.3) is 0 Å². The van der Waals surface area contributed by atoms with Crippen LogP contribution >= 0.6 is 15.9 Å². The molecular formula is C13H19BrO3. The van der Waals surface area contributed by atoms with E-state index in [1.165, 1.54) is 7.11 Å². The molecule has 1 rings (SSSR count). The van der Waals surface area contributed by atoms with Crippen molar-refractivity contribution in [2.75, 3.05) is 14.2 Å². The molecule has 0 aliphatic rings. The van der Waals surface area contributed by atoms with E-state index in [9.17, 15) is 4.79 Å². The average Bonchev–Trinajstić information content (AvgIpc) is 2.34. The lowest BCUT2D eigenvalue weighted by molar-refractivity contribution is -0.139. The fourth-order valence-corrected chi connectivity index (χ4v) is 2.01. The maximum absolute atomic E-state index is 11.2. The minimum Gasteiger partial charge on any atom is -0.496 e. The minimum atomic E-state index is -0.280. The highest BCUT2D eigenvalue weighted by atomic mass is 79.9. The second-order valence-electron chi connectivity index (χ2n) is 3.18. The molecule has 0 aliphatic heterocycles. The van der Waals surface area contributed by atoms with Crippen LogP contribution in [0.3, 0.4) is 0 Å². The van der Waals surface area contributed by atoms with E-state index < -0.39 is 0 Å². The van der Waals surface area contributed by atoms with E-state index in [1.54, 1.807) is 7.11 Å². The molecule has 3 nitrogen and oxygen atoms in total. The number of carbonyl (C=O) groups is 1. The number of hydrogen-bond acceptors (Lipinski definition) is 3. The van der Waals surface area contributed by atoms with Crippen molar-refractivity contribution in [1.29, 1.82) is 0 Å². The first-order valence-electron chi connectivity index (χ1n) is 5.48. The molecule has 0 radical (unpaired) electrons. The third-order valence-corrected chi connectivity index (χ3v) is 2.78. The van der Waals surface area contributed by atoms with E-state index in [-0.39, 0.29) is 12.4 Å². The molecule has 1 aromatic rings. The Balaban J connectivity index is 0.00000121. The van der Waals surface area contributed by atoms with E-state index in [0.717, 1.165) is 15.6 Å². The van der Waals surface area contributed by atoms with Crippen molar-refractivity contribution in [3.05, 3.63) is 27.7 Å². The Kier molecular flexibility index (Phi) is 7.63. The van der Waals surface area contributed by atoms with Crippen molar-refractivity contribution < 1.29 is 14.3 Å². The first kappa shape index (κ1) is 16.0.